The number of nitrogens with zero attached hydrogens (tertiary/aromatic N) is 7. The van der Waals surface area contributed by atoms with Crippen LogP contribution in [0, 0.1) is 23.0 Å². The molecule has 9 nitrogen and oxygen atoms in total. The fraction of sp³-hybridized carbons (Fsp3) is 0.429. The van der Waals surface area contributed by atoms with Gasteiger partial charge in [0.25, 0.3) is 0 Å². The Balaban J connectivity index is 0.000000359. The largest absolute Gasteiger partial charge is 0.467 e. The van der Waals surface area contributed by atoms with E-state index >= 15 is 4.39 Å². The molecule has 1 saturated carbocycles. The molecule has 3 aromatic heterocycles. The molecule has 16 heteroatoms. The van der Waals surface area contributed by atoms with Crippen LogP contribution in [0.2, 0.25) is 0 Å². The smallest absolute Gasteiger partial charge is 0.417 e. The number of nitrogens with two attached hydrogens (primary N) is 1. The lowest BCUT2D eigenvalue weighted by molar-refractivity contribution is -0.137. The molecule has 0 amide bonds. The van der Waals surface area contributed by atoms with Crippen LogP contribution >= 0.6 is 11.3 Å². The third kappa shape index (κ3) is 5.89. The first-order valence-electron chi connectivity index (χ1n) is 16.7. The second-order valence-corrected chi connectivity index (χ2v) is 14.4. The number of alkyl halides is 4. The van der Waals surface area contributed by atoms with Gasteiger partial charge in [-0.2, -0.15) is 33.5 Å². The van der Waals surface area contributed by atoms with Gasteiger partial charge in [-0.1, -0.05) is 6.07 Å². The van der Waals surface area contributed by atoms with Gasteiger partial charge < -0.3 is 15.4 Å². The molecule has 266 valence electrons. The normalized spacial score (nSPS) is 20.3. The van der Waals surface area contributed by atoms with E-state index in [1.807, 2.05) is 16.8 Å². The predicted molar refractivity (Wildman–Crippen MR) is 180 cm³/mol. The van der Waals surface area contributed by atoms with Crippen LogP contribution in [-0.2, 0) is 19.3 Å². The molecule has 2 N–H and O–H groups in total. The molecule has 2 saturated heterocycles. The van der Waals surface area contributed by atoms with Crippen molar-refractivity contribution in [3.8, 4) is 23.2 Å². The molecule has 51 heavy (non-hydrogen) atoms. The number of ether oxygens (including phenoxy) is 1. The first-order valence-corrected chi connectivity index (χ1v) is 17.5. The molecule has 0 spiro atoms. The first kappa shape index (κ1) is 33.5. The molecule has 3 fully saturated rings. The predicted octanol–water partition coefficient (Wildman–Crippen LogP) is 7.56. The van der Waals surface area contributed by atoms with E-state index in [0.29, 0.717) is 42.9 Å². The summed E-state index contributed by atoms with van der Waals surface area (Å²) in [6.45, 7) is 2.97. The summed E-state index contributed by atoms with van der Waals surface area (Å²) in [6.07, 6.45) is -0.0718. The third-order valence-electron chi connectivity index (χ3n) is 10.1. The van der Waals surface area contributed by atoms with Crippen molar-refractivity contribution in [1.82, 2.24) is 24.6 Å². The van der Waals surface area contributed by atoms with E-state index in [2.05, 4.69) is 20.0 Å². The van der Waals surface area contributed by atoms with Crippen LogP contribution in [0.25, 0.3) is 32.1 Å². The number of benzene rings is 2. The Morgan fingerprint density at radius 3 is 2.59 bits per heavy atom. The summed E-state index contributed by atoms with van der Waals surface area (Å²) in [5.41, 5.74) is 4.61. The molecule has 2 aromatic carbocycles. The summed E-state index contributed by atoms with van der Waals surface area (Å²) in [4.78, 5) is 12.5. The maximum Gasteiger partial charge on any atom is 0.417 e. The Bertz CT molecular complexity index is 2210. The third-order valence-corrected chi connectivity index (χ3v) is 11.2. The van der Waals surface area contributed by atoms with Crippen LogP contribution in [0.1, 0.15) is 60.5 Å². The van der Waals surface area contributed by atoms with Gasteiger partial charge in [-0.25, -0.2) is 13.2 Å². The Morgan fingerprint density at radius 2 is 1.88 bits per heavy atom. The number of hydrogen-bond donors (Lipinski definition) is 1. The zero-order chi connectivity index (χ0) is 35.8. The van der Waals surface area contributed by atoms with Gasteiger partial charge in [0.15, 0.2) is 5.82 Å². The van der Waals surface area contributed by atoms with Gasteiger partial charge in [0.2, 0.25) is 0 Å². The number of fused-ring (bicyclic) bond motifs is 4. The molecule has 2 unspecified atom stereocenters. The molecule has 2 atom stereocenters. The quantitative estimate of drug-likeness (QED) is 0.189. The number of thiophene rings is 1. The second kappa shape index (κ2) is 12.6. The number of aromatic nitrogens is 4. The molecule has 5 aromatic rings. The van der Waals surface area contributed by atoms with Crippen molar-refractivity contribution in [3.05, 3.63) is 58.4 Å². The van der Waals surface area contributed by atoms with E-state index in [4.69, 9.17) is 10.5 Å². The second-order valence-electron chi connectivity index (χ2n) is 13.4. The zero-order valence-electron chi connectivity index (χ0n) is 27.4. The van der Waals surface area contributed by atoms with E-state index in [-0.39, 0.29) is 50.0 Å². The molecular formula is C35H32F6N8OS. The number of nitrogen functional groups attached to an aromatic ring is 1. The SMILES string of the molecule is COc1nc(N2CCn3nc(C4CC4)cc3C2)c2cc(C(F)(F)F)c(-c3ccc(F)c4sc(N)c(C#N)c34)c(F)c2n1.FC1CC2CCCN2C1. The van der Waals surface area contributed by atoms with E-state index < -0.39 is 40.6 Å². The maximum absolute atomic E-state index is 16.5. The minimum atomic E-state index is -5.03. The number of rotatable bonds is 4. The van der Waals surface area contributed by atoms with Crippen molar-refractivity contribution in [2.45, 2.75) is 69.5 Å². The summed E-state index contributed by atoms with van der Waals surface area (Å²) in [6, 6.07) is 6.94. The minimum absolute atomic E-state index is 0.0787. The van der Waals surface area contributed by atoms with Gasteiger partial charge in [-0.15, -0.1) is 11.3 Å². The van der Waals surface area contributed by atoms with Crippen LogP contribution in [-0.4, -0.2) is 63.6 Å². The number of anilines is 2. The average Bonchev–Trinajstić information content (AvgIpc) is 3.36. The van der Waals surface area contributed by atoms with Crippen molar-refractivity contribution in [1.29, 1.82) is 5.26 Å². The van der Waals surface area contributed by atoms with Gasteiger partial charge in [0.05, 0.1) is 47.4 Å². The van der Waals surface area contributed by atoms with Crippen molar-refractivity contribution in [2.75, 3.05) is 37.4 Å². The van der Waals surface area contributed by atoms with E-state index in [1.165, 1.54) is 20.0 Å². The highest BCUT2D eigenvalue weighted by molar-refractivity contribution is 7.23. The number of methoxy groups -OCH3 is 1. The van der Waals surface area contributed by atoms with Crippen LogP contribution in [0.5, 0.6) is 6.01 Å². The standard InChI is InChI=1S/C28H20F5N7OS.C7H12FN/c1-41-27-36-23-15(26(37-27)39-6-7-40-13(11-39)8-19(38-40)12-2-3-12)9-17(28(31,32)33)21(22(23)30)14-4-5-18(29)24-20(14)16(10-34)25(35)42-24;8-6-4-7-2-1-3-9(7)5-6/h4-5,8-9,12H,2-3,6-7,11,35H2,1H3;6-7H,1-5H2. The van der Waals surface area contributed by atoms with Crippen molar-refractivity contribution < 1.29 is 31.1 Å². The van der Waals surface area contributed by atoms with Crippen LogP contribution in [0.4, 0.5) is 37.2 Å². The molecule has 6 heterocycles. The Morgan fingerprint density at radius 1 is 1.08 bits per heavy atom. The topological polar surface area (TPSA) is 109 Å². The van der Waals surface area contributed by atoms with E-state index in [1.54, 1.807) is 4.90 Å². The van der Waals surface area contributed by atoms with Crippen molar-refractivity contribution in [3.63, 3.8) is 0 Å². The summed E-state index contributed by atoms with van der Waals surface area (Å²) < 4.78 is 94.9. The summed E-state index contributed by atoms with van der Waals surface area (Å²) in [5, 5.41) is 13.9. The van der Waals surface area contributed by atoms with E-state index in [0.717, 1.165) is 55.4 Å². The number of nitriles is 1. The molecule has 4 aliphatic rings. The highest BCUT2D eigenvalue weighted by atomic mass is 32.1. The van der Waals surface area contributed by atoms with Gasteiger partial charge in [-0.05, 0) is 62.4 Å². The first-order chi connectivity index (χ1) is 24.4. The highest BCUT2D eigenvalue weighted by Gasteiger charge is 2.39. The molecule has 0 radical (unpaired) electrons. The lowest BCUT2D eigenvalue weighted by Gasteiger charge is -2.30. The summed E-state index contributed by atoms with van der Waals surface area (Å²) in [5.74, 6) is -1.59. The van der Waals surface area contributed by atoms with Crippen molar-refractivity contribution >= 4 is 43.1 Å². The van der Waals surface area contributed by atoms with Gasteiger partial charge in [0, 0.05) is 41.4 Å². The van der Waals surface area contributed by atoms with Crippen LogP contribution in [0.3, 0.4) is 0 Å². The summed E-state index contributed by atoms with van der Waals surface area (Å²) >= 11 is 0.708. The average molecular weight is 727 g/mol. The van der Waals surface area contributed by atoms with E-state index in [9.17, 15) is 27.2 Å². The number of halogens is 6. The fourth-order valence-corrected chi connectivity index (χ4v) is 8.54. The zero-order valence-corrected chi connectivity index (χ0v) is 28.2. The Labute approximate surface area is 292 Å². The Kier molecular flexibility index (Phi) is 8.25. The van der Waals surface area contributed by atoms with Crippen LogP contribution < -0.4 is 15.4 Å². The minimum Gasteiger partial charge on any atom is -0.467 e. The number of hydrogen-bond acceptors (Lipinski definition) is 9. The molecule has 9 rings (SSSR count). The molecule has 0 bridgehead atoms. The summed E-state index contributed by atoms with van der Waals surface area (Å²) in [7, 11) is 1.28. The highest BCUT2D eigenvalue weighted by Crippen LogP contribution is 2.48. The monoisotopic (exact) mass is 726 g/mol. The molecule has 3 aliphatic heterocycles. The van der Waals surface area contributed by atoms with Gasteiger partial charge >= 0.3 is 12.2 Å². The maximum atomic E-state index is 16.5. The fourth-order valence-electron chi connectivity index (χ4n) is 7.59. The molecular weight excluding hydrogens is 694 g/mol. The Hall–Kier alpha value is -4.62. The van der Waals surface area contributed by atoms with Crippen molar-refractivity contribution in [2.24, 2.45) is 0 Å². The van der Waals surface area contributed by atoms with Gasteiger partial charge in [0.1, 0.15) is 34.4 Å². The van der Waals surface area contributed by atoms with Crippen LogP contribution in [0.15, 0.2) is 24.3 Å². The lowest BCUT2D eigenvalue weighted by Crippen LogP contribution is -2.34. The lowest BCUT2D eigenvalue weighted by atomic mass is 9.92. The van der Waals surface area contributed by atoms with Gasteiger partial charge in [-0.3, -0.25) is 9.58 Å². The molecule has 1 aliphatic carbocycles.